The van der Waals surface area contributed by atoms with Gasteiger partial charge in [0.1, 0.15) is 0 Å². The molecule has 0 aromatic rings. The Morgan fingerprint density at radius 3 is 2.63 bits per heavy atom. The van der Waals surface area contributed by atoms with Crippen LogP contribution in [0.25, 0.3) is 10.4 Å². The number of rotatable bonds is 8. The van der Waals surface area contributed by atoms with Crippen LogP contribution in [0.2, 0.25) is 0 Å². The molecule has 0 unspecified atom stereocenters. The molecule has 1 aliphatic rings. The Balaban J connectivity index is 2.34. The standard InChI is InChI=1S/C14H26N4O/c1-12(2)11-14(7-3-4-8-14)13(19)16-9-5-6-10-17-18-15/h12H,3-11H2,1-2H3,(H,16,19). The van der Waals surface area contributed by atoms with Gasteiger partial charge in [0.25, 0.3) is 0 Å². The van der Waals surface area contributed by atoms with Gasteiger partial charge in [-0.25, -0.2) is 0 Å². The Labute approximate surface area is 115 Å². The van der Waals surface area contributed by atoms with E-state index >= 15 is 0 Å². The number of nitrogens with zero attached hydrogens (tertiary/aromatic N) is 3. The zero-order valence-corrected chi connectivity index (χ0v) is 12.2. The molecule has 0 spiro atoms. The zero-order valence-electron chi connectivity index (χ0n) is 12.2. The Morgan fingerprint density at radius 1 is 1.37 bits per heavy atom. The lowest BCUT2D eigenvalue weighted by Gasteiger charge is -2.29. The van der Waals surface area contributed by atoms with Crippen LogP contribution in [0.1, 0.15) is 58.8 Å². The molecule has 0 aromatic carbocycles. The quantitative estimate of drug-likeness (QED) is 0.308. The van der Waals surface area contributed by atoms with E-state index < -0.39 is 0 Å². The lowest BCUT2D eigenvalue weighted by molar-refractivity contribution is -0.131. The van der Waals surface area contributed by atoms with Gasteiger partial charge >= 0.3 is 0 Å². The van der Waals surface area contributed by atoms with Gasteiger partial charge < -0.3 is 5.32 Å². The summed E-state index contributed by atoms with van der Waals surface area (Å²) < 4.78 is 0. The second-order valence-electron chi connectivity index (χ2n) is 6.00. The van der Waals surface area contributed by atoms with E-state index in [1.165, 1.54) is 12.8 Å². The monoisotopic (exact) mass is 266 g/mol. The van der Waals surface area contributed by atoms with Crippen molar-refractivity contribution >= 4 is 5.91 Å². The molecule has 5 heteroatoms. The molecule has 0 heterocycles. The predicted octanol–water partition coefficient (Wildman–Crippen LogP) is 3.80. The van der Waals surface area contributed by atoms with Crippen molar-refractivity contribution in [3.05, 3.63) is 10.4 Å². The van der Waals surface area contributed by atoms with E-state index in [1.54, 1.807) is 0 Å². The van der Waals surface area contributed by atoms with Gasteiger partial charge in [0.2, 0.25) is 5.91 Å². The van der Waals surface area contributed by atoms with Gasteiger partial charge in [0.15, 0.2) is 0 Å². The van der Waals surface area contributed by atoms with Crippen LogP contribution < -0.4 is 5.32 Å². The lowest BCUT2D eigenvalue weighted by Crippen LogP contribution is -2.40. The molecule has 0 bridgehead atoms. The Bertz CT molecular complexity index is 328. The number of amides is 1. The van der Waals surface area contributed by atoms with Crippen molar-refractivity contribution in [2.75, 3.05) is 13.1 Å². The first kappa shape index (κ1) is 15.8. The molecule has 1 saturated carbocycles. The molecule has 1 rings (SSSR count). The topological polar surface area (TPSA) is 77.9 Å². The Morgan fingerprint density at radius 2 is 2.05 bits per heavy atom. The van der Waals surface area contributed by atoms with Gasteiger partial charge in [-0.1, -0.05) is 31.8 Å². The first-order valence-electron chi connectivity index (χ1n) is 7.40. The van der Waals surface area contributed by atoms with Crippen LogP contribution >= 0.6 is 0 Å². The minimum absolute atomic E-state index is 0.112. The molecule has 1 fully saturated rings. The average molecular weight is 266 g/mol. The van der Waals surface area contributed by atoms with E-state index in [2.05, 4.69) is 29.2 Å². The number of hydrogen-bond donors (Lipinski definition) is 1. The second-order valence-corrected chi connectivity index (χ2v) is 6.00. The van der Waals surface area contributed by atoms with Crippen LogP contribution in [-0.2, 0) is 4.79 Å². The predicted molar refractivity (Wildman–Crippen MR) is 76.6 cm³/mol. The number of hydrogen-bond acceptors (Lipinski definition) is 2. The summed E-state index contributed by atoms with van der Waals surface area (Å²) in [4.78, 5) is 15.1. The fourth-order valence-electron chi connectivity index (χ4n) is 3.10. The van der Waals surface area contributed by atoms with Crippen molar-refractivity contribution < 1.29 is 4.79 Å². The van der Waals surface area contributed by atoms with Crippen molar-refractivity contribution in [2.24, 2.45) is 16.4 Å². The van der Waals surface area contributed by atoms with Crippen molar-refractivity contribution in [1.29, 1.82) is 0 Å². The van der Waals surface area contributed by atoms with Crippen LogP contribution in [0.4, 0.5) is 0 Å². The number of azide groups is 1. The maximum Gasteiger partial charge on any atom is 0.226 e. The molecule has 0 atom stereocenters. The minimum atomic E-state index is -0.112. The molecular weight excluding hydrogens is 240 g/mol. The Hall–Kier alpha value is -1.22. The molecule has 108 valence electrons. The van der Waals surface area contributed by atoms with Gasteiger partial charge in [-0.3, -0.25) is 4.79 Å². The van der Waals surface area contributed by atoms with Crippen LogP contribution in [0.3, 0.4) is 0 Å². The number of unbranched alkanes of at least 4 members (excludes halogenated alkanes) is 1. The maximum absolute atomic E-state index is 12.4. The fourth-order valence-corrected chi connectivity index (χ4v) is 3.10. The van der Waals surface area contributed by atoms with E-state index in [4.69, 9.17) is 5.53 Å². The van der Waals surface area contributed by atoms with Crippen LogP contribution in [0, 0.1) is 11.3 Å². The highest BCUT2D eigenvalue weighted by Gasteiger charge is 2.40. The molecule has 0 aromatic heterocycles. The first-order valence-corrected chi connectivity index (χ1v) is 7.40. The van der Waals surface area contributed by atoms with E-state index in [0.29, 0.717) is 19.0 Å². The summed E-state index contributed by atoms with van der Waals surface area (Å²) in [6.07, 6.45) is 7.14. The summed E-state index contributed by atoms with van der Waals surface area (Å²) in [5.41, 5.74) is 8.05. The molecular formula is C14H26N4O. The molecule has 0 saturated heterocycles. The summed E-state index contributed by atoms with van der Waals surface area (Å²) in [7, 11) is 0. The van der Waals surface area contributed by atoms with Gasteiger partial charge in [0.05, 0.1) is 0 Å². The molecule has 1 N–H and O–H groups in total. The van der Waals surface area contributed by atoms with E-state index in [0.717, 1.165) is 32.1 Å². The fraction of sp³-hybridized carbons (Fsp3) is 0.929. The first-order chi connectivity index (χ1) is 9.10. The minimum Gasteiger partial charge on any atom is -0.356 e. The SMILES string of the molecule is CC(C)CC1(C(=O)NCCCCN=[N+]=[N-])CCCC1. The highest BCUT2D eigenvalue weighted by Crippen LogP contribution is 2.43. The second kappa shape index (κ2) is 8.05. The number of nitrogens with one attached hydrogen (secondary N) is 1. The van der Waals surface area contributed by atoms with E-state index in [-0.39, 0.29) is 11.3 Å². The molecule has 1 aliphatic carbocycles. The summed E-state index contributed by atoms with van der Waals surface area (Å²) in [6.45, 7) is 5.59. The van der Waals surface area contributed by atoms with E-state index in [1.807, 2.05) is 0 Å². The highest BCUT2D eigenvalue weighted by atomic mass is 16.2. The maximum atomic E-state index is 12.4. The summed E-state index contributed by atoms with van der Waals surface area (Å²) in [5, 5.41) is 6.56. The molecule has 5 nitrogen and oxygen atoms in total. The van der Waals surface area contributed by atoms with Crippen LogP contribution in [0.5, 0.6) is 0 Å². The zero-order chi connectivity index (χ0) is 14.1. The average Bonchev–Trinajstić information content (AvgIpc) is 2.82. The largest absolute Gasteiger partial charge is 0.356 e. The van der Waals surface area contributed by atoms with Gasteiger partial charge in [0, 0.05) is 23.4 Å². The number of carbonyl (C=O) groups is 1. The molecule has 19 heavy (non-hydrogen) atoms. The van der Waals surface area contributed by atoms with E-state index in [9.17, 15) is 4.79 Å². The van der Waals surface area contributed by atoms with Crippen LogP contribution in [0.15, 0.2) is 5.11 Å². The highest BCUT2D eigenvalue weighted by molar-refractivity contribution is 5.82. The number of carbonyl (C=O) groups excluding carboxylic acids is 1. The van der Waals surface area contributed by atoms with Crippen LogP contribution in [-0.4, -0.2) is 19.0 Å². The lowest BCUT2D eigenvalue weighted by atomic mass is 9.77. The van der Waals surface area contributed by atoms with Gasteiger partial charge in [-0.05, 0) is 43.6 Å². The Kier molecular flexibility index (Phi) is 6.71. The summed E-state index contributed by atoms with van der Waals surface area (Å²) >= 11 is 0. The molecule has 0 aliphatic heterocycles. The third-order valence-corrected chi connectivity index (χ3v) is 3.88. The third-order valence-electron chi connectivity index (χ3n) is 3.88. The smallest absolute Gasteiger partial charge is 0.226 e. The normalized spacial score (nSPS) is 17.2. The van der Waals surface area contributed by atoms with Crippen molar-refractivity contribution in [3.8, 4) is 0 Å². The van der Waals surface area contributed by atoms with Gasteiger partial charge in [-0.15, -0.1) is 0 Å². The summed E-state index contributed by atoms with van der Waals surface area (Å²) in [5.74, 6) is 0.802. The van der Waals surface area contributed by atoms with Crippen molar-refractivity contribution in [3.63, 3.8) is 0 Å². The van der Waals surface area contributed by atoms with Crippen molar-refractivity contribution in [1.82, 2.24) is 5.32 Å². The molecule has 0 radical (unpaired) electrons. The van der Waals surface area contributed by atoms with Crippen molar-refractivity contribution in [2.45, 2.75) is 58.8 Å². The van der Waals surface area contributed by atoms with Gasteiger partial charge in [-0.2, -0.15) is 0 Å². The third kappa shape index (κ3) is 5.11. The summed E-state index contributed by atoms with van der Waals surface area (Å²) in [6, 6.07) is 0. The molecule has 1 amide bonds.